The van der Waals surface area contributed by atoms with Gasteiger partial charge in [0.1, 0.15) is 0 Å². The lowest BCUT2D eigenvalue weighted by Gasteiger charge is -2.19. The second-order valence-corrected chi connectivity index (χ2v) is 4.84. The first-order chi connectivity index (χ1) is 7.58. The number of aromatic nitrogens is 3. The molecule has 16 heavy (non-hydrogen) atoms. The Kier molecular flexibility index (Phi) is 2.94. The molecule has 0 amide bonds. The molecule has 0 unspecified atom stereocenters. The highest BCUT2D eigenvalue weighted by atomic mass is 16.4. The molecule has 0 fully saturated rings. The first kappa shape index (κ1) is 11.1. The minimum atomic E-state index is -0.706. The van der Waals surface area contributed by atoms with Gasteiger partial charge in [0.2, 0.25) is 0 Å². The molecule has 88 valence electrons. The molecule has 1 aromatic heterocycles. The molecule has 0 bridgehead atoms. The Hall–Kier alpha value is -1.39. The van der Waals surface area contributed by atoms with E-state index < -0.39 is 5.97 Å². The first-order valence-electron chi connectivity index (χ1n) is 5.72. The molecular formula is C11H17N3O2. The van der Waals surface area contributed by atoms with Crippen molar-refractivity contribution in [2.45, 2.75) is 39.7 Å². The Labute approximate surface area is 94.5 Å². The van der Waals surface area contributed by atoms with Crippen molar-refractivity contribution < 1.29 is 9.90 Å². The van der Waals surface area contributed by atoms with E-state index in [4.69, 9.17) is 5.11 Å². The van der Waals surface area contributed by atoms with Crippen molar-refractivity contribution in [3.05, 3.63) is 11.4 Å². The van der Waals surface area contributed by atoms with Gasteiger partial charge in [0.05, 0.1) is 17.3 Å². The second-order valence-electron chi connectivity index (χ2n) is 4.84. The van der Waals surface area contributed by atoms with E-state index in [0.717, 1.165) is 24.4 Å². The predicted octanol–water partition coefficient (Wildman–Crippen LogP) is 1.12. The Morgan fingerprint density at radius 2 is 2.38 bits per heavy atom. The fourth-order valence-corrected chi connectivity index (χ4v) is 2.14. The van der Waals surface area contributed by atoms with E-state index in [2.05, 4.69) is 24.2 Å². The first-order valence-corrected chi connectivity index (χ1v) is 5.72. The van der Waals surface area contributed by atoms with Crippen molar-refractivity contribution in [2.24, 2.45) is 11.8 Å². The molecule has 2 rings (SSSR count). The van der Waals surface area contributed by atoms with Gasteiger partial charge in [-0.1, -0.05) is 19.1 Å². The molecule has 0 aromatic carbocycles. The van der Waals surface area contributed by atoms with Gasteiger partial charge in [-0.3, -0.25) is 4.79 Å². The van der Waals surface area contributed by atoms with Gasteiger partial charge >= 0.3 is 5.97 Å². The number of aliphatic carboxylic acids is 1. The molecule has 5 nitrogen and oxygen atoms in total. The summed E-state index contributed by atoms with van der Waals surface area (Å²) in [5.41, 5.74) is 2.01. The summed E-state index contributed by atoms with van der Waals surface area (Å²) in [6.07, 6.45) is 2.00. The number of carbonyl (C=O) groups is 1. The quantitative estimate of drug-likeness (QED) is 0.833. The van der Waals surface area contributed by atoms with Gasteiger partial charge in [-0.05, 0) is 18.8 Å². The topological polar surface area (TPSA) is 68.0 Å². The fraction of sp³-hybridized carbons (Fsp3) is 0.727. The lowest BCUT2D eigenvalue weighted by Crippen LogP contribution is -2.24. The lowest BCUT2D eigenvalue weighted by atomic mass is 9.90. The Morgan fingerprint density at radius 1 is 1.62 bits per heavy atom. The van der Waals surface area contributed by atoms with Crippen molar-refractivity contribution in [1.82, 2.24) is 15.0 Å². The number of carboxylic acids is 1. The van der Waals surface area contributed by atoms with Crippen LogP contribution >= 0.6 is 0 Å². The van der Waals surface area contributed by atoms with Gasteiger partial charge in [-0.2, -0.15) is 0 Å². The van der Waals surface area contributed by atoms with Crippen LogP contribution in [0.25, 0.3) is 0 Å². The second kappa shape index (κ2) is 4.23. The third kappa shape index (κ3) is 2.08. The van der Waals surface area contributed by atoms with Crippen LogP contribution < -0.4 is 0 Å². The number of rotatable bonds is 3. The molecule has 0 saturated heterocycles. The Morgan fingerprint density at radius 3 is 3.00 bits per heavy atom. The van der Waals surface area contributed by atoms with Gasteiger partial charge in [-0.15, -0.1) is 5.10 Å². The van der Waals surface area contributed by atoms with E-state index in [1.54, 1.807) is 0 Å². The zero-order chi connectivity index (χ0) is 11.7. The number of nitrogens with zero attached hydrogens (tertiary/aromatic N) is 3. The standard InChI is InChI=1S/C11H17N3O2/c1-7(2)6-14-10-5-8(11(15)16)3-4-9(10)12-13-14/h7-8H,3-6H2,1-2H3,(H,15,16)/t8-/m1/s1. The summed E-state index contributed by atoms with van der Waals surface area (Å²) in [6.45, 7) is 5.05. The Bertz CT molecular complexity index is 398. The molecule has 5 heteroatoms. The minimum Gasteiger partial charge on any atom is -0.481 e. The van der Waals surface area contributed by atoms with Crippen LogP contribution in [0, 0.1) is 11.8 Å². The van der Waals surface area contributed by atoms with Crippen molar-refractivity contribution in [3.8, 4) is 0 Å². The van der Waals surface area contributed by atoms with Crippen LogP contribution in [-0.4, -0.2) is 26.1 Å². The summed E-state index contributed by atoms with van der Waals surface area (Å²) in [5, 5.41) is 17.3. The molecule has 0 aliphatic heterocycles. The smallest absolute Gasteiger partial charge is 0.306 e. The maximum Gasteiger partial charge on any atom is 0.306 e. The van der Waals surface area contributed by atoms with E-state index >= 15 is 0 Å². The van der Waals surface area contributed by atoms with Crippen LogP contribution in [-0.2, 0) is 24.2 Å². The maximum absolute atomic E-state index is 11.0. The summed E-state index contributed by atoms with van der Waals surface area (Å²) in [6, 6.07) is 0. The van der Waals surface area contributed by atoms with Crippen molar-refractivity contribution in [2.75, 3.05) is 0 Å². The molecule has 1 aliphatic rings. The van der Waals surface area contributed by atoms with Crippen molar-refractivity contribution in [3.63, 3.8) is 0 Å². The van der Waals surface area contributed by atoms with E-state index in [0.29, 0.717) is 18.8 Å². The van der Waals surface area contributed by atoms with Gasteiger partial charge in [-0.25, -0.2) is 4.68 Å². The molecule has 0 saturated carbocycles. The number of hydrogen-bond donors (Lipinski definition) is 1. The van der Waals surface area contributed by atoms with Crippen LogP contribution in [0.3, 0.4) is 0 Å². The van der Waals surface area contributed by atoms with E-state index in [9.17, 15) is 4.79 Å². The SMILES string of the molecule is CC(C)Cn1nnc2c1C[C@H](C(=O)O)CC2. The van der Waals surface area contributed by atoms with Crippen LogP contribution in [0.1, 0.15) is 31.7 Å². The van der Waals surface area contributed by atoms with Gasteiger partial charge in [0.15, 0.2) is 0 Å². The summed E-state index contributed by atoms with van der Waals surface area (Å²) in [5.74, 6) is -0.476. The van der Waals surface area contributed by atoms with E-state index in [-0.39, 0.29) is 5.92 Å². The lowest BCUT2D eigenvalue weighted by molar-refractivity contribution is -0.142. The minimum absolute atomic E-state index is 0.267. The van der Waals surface area contributed by atoms with E-state index in [1.165, 1.54) is 0 Å². The normalized spacial score (nSPS) is 19.8. The highest BCUT2D eigenvalue weighted by Gasteiger charge is 2.28. The van der Waals surface area contributed by atoms with Crippen LogP contribution in [0.2, 0.25) is 0 Å². The van der Waals surface area contributed by atoms with E-state index in [1.807, 2.05) is 4.68 Å². The monoisotopic (exact) mass is 223 g/mol. The highest BCUT2D eigenvalue weighted by Crippen LogP contribution is 2.24. The summed E-state index contributed by atoms with van der Waals surface area (Å²) in [4.78, 5) is 11.0. The van der Waals surface area contributed by atoms with Gasteiger partial charge in [0.25, 0.3) is 0 Å². The molecule has 1 aromatic rings. The molecular weight excluding hydrogens is 206 g/mol. The molecule has 1 atom stereocenters. The Balaban J connectivity index is 2.21. The third-order valence-corrected chi connectivity index (χ3v) is 2.97. The average Bonchev–Trinajstić information content (AvgIpc) is 2.60. The van der Waals surface area contributed by atoms with Gasteiger partial charge in [0, 0.05) is 13.0 Å². The number of aryl methyl sites for hydroxylation is 1. The zero-order valence-corrected chi connectivity index (χ0v) is 9.68. The largest absolute Gasteiger partial charge is 0.481 e. The average molecular weight is 223 g/mol. The molecule has 0 spiro atoms. The number of carboxylic acid groups (broad SMARTS) is 1. The molecule has 1 heterocycles. The summed E-state index contributed by atoms with van der Waals surface area (Å²) < 4.78 is 1.87. The fourth-order valence-electron chi connectivity index (χ4n) is 2.14. The maximum atomic E-state index is 11.0. The summed E-state index contributed by atoms with van der Waals surface area (Å²) >= 11 is 0. The van der Waals surface area contributed by atoms with Crippen LogP contribution in [0.15, 0.2) is 0 Å². The molecule has 1 aliphatic carbocycles. The van der Waals surface area contributed by atoms with Crippen molar-refractivity contribution in [1.29, 1.82) is 0 Å². The third-order valence-electron chi connectivity index (χ3n) is 2.97. The predicted molar refractivity (Wildman–Crippen MR) is 58.0 cm³/mol. The number of hydrogen-bond acceptors (Lipinski definition) is 3. The zero-order valence-electron chi connectivity index (χ0n) is 9.68. The molecule has 0 radical (unpaired) electrons. The van der Waals surface area contributed by atoms with Crippen LogP contribution in [0.5, 0.6) is 0 Å². The summed E-state index contributed by atoms with van der Waals surface area (Å²) in [7, 11) is 0. The van der Waals surface area contributed by atoms with Gasteiger partial charge < -0.3 is 5.11 Å². The number of fused-ring (bicyclic) bond motifs is 1. The highest BCUT2D eigenvalue weighted by molar-refractivity contribution is 5.70. The van der Waals surface area contributed by atoms with Crippen LogP contribution in [0.4, 0.5) is 0 Å². The molecule has 1 N–H and O–H groups in total. The van der Waals surface area contributed by atoms with Crippen molar-refractivity contribution >= 4 is 5.97 Å².